The van der Waals surface area contributed by atoms with Gasteiger partial charge in [-0.3, -0.25) is 4.79 Å². The van der Waals surface area contributed by atoms with Crippen molar-refractivity contribution in [3.8, 4) is 0 Å². The average Bonchev–Trinajstić information content (AvgIpc) is 2.59. The van der Waals surface area contributed by atoms with E-state index in [1.165, 1.54) is 0 Å². The van der Waals surface area contributed by atoms with Crippen molar-refractivity contribution < 1.29 is 34.2 Å². The molecule has 8 heteroatoms. The fourth-order valence-electron chi connectivity index (χ4n) is 1.97. The largest absolute Gasteiger partial charge is 0.463 e. The maximum absolute atomic E-state index is 13.0. The molecule has 1 rings (SSSR count). The van der Waals surface area contributed by atoms with Crippen molar-refractivity contribution in [2.24, 2.45) is 0 Å². The summed E-state index contributed by atoms with van der Waals surface area (Å²) in [6.07, 6.45) is -0.224. The molecule has 0 amide bonds. The first kappa shape index (κ1) is 19.8. The van der Waals surface area contributed by atoms with Gasteiger partial charge in [0.15, 0.2) is 0 Å². The van der Waals surface area contributed by atoms with Crippen LogP contribution < -0.4 is 5.30 Å². The number of ether oxygens (including phenoxy) is 2. The molecule has 7 nitrogen and oxygen atoms in total. The zero-order valence-electron chi connectivity index (χ0n) is 12.8. The van der Waals surface area contributed by atoms with E-state index in [-0.39, 0.29) is 39.0 Å². The minimum Gasteiger partial charge on any atom is -0.463 e. The van der Waals surface area contributed by atoms with E-state index >= 15 is 0 Å². The zero-order valence-corrected chi connectivity index (χ0v) is 13.7. The zero-order chi connectivity index (χ0) is 17.1. The average molecular weight is 346 g/mol. The van der Waals surface area contributed by atoms with Crippen LogP contribution in [0.4, 0.5) is 0 Å². The Labute approximate surface area is 135 Å². The van der Waals surface area contributed by atoms with E-state index < -0.39 is 25.6 Å². The summed E-state index contributed by atoms with van der Waals surface area (Å²) in [4.78, 5) is 11.7. The molecule has 1 aromatic carbocycles. The molecule has 0 heterocycles. The van der Waals surface area contributed by atoms with Crippen molar-refractivity contribution >= 4 is 18.4 Å². The van der Waals surface area contributed by atoms with Gasteiger partial charge in [0.25, 0.3) is 0 Å². The van der Waals surface area contributed by atoms with Crippen molar-refractivity contribution in [2.45, 2.75) is 12.3 Å². The van der Waals surface area contributed by atoms with E-state index in [4.69, 9.17) is 19.7 Å². The highest BCUT2D eigenvalue weighted by atomic mass is 31.2. The number of rotatable bonds is 11. The van der Waals surface area contributed by atoms with E-state index in [0.29, 0.717) is 5.30 Å². The van der Waals surface area contributed by atoms with Crippen LogP contribution in [0.3, 0.4) is 0 Å². The van der Waals surface area contributed by atoms with E-state index in [1.807, 2.05) is 0 Å². The Hall–Kier alpha value is -1.24. The summed E-state index contributed by atoms with van der Waals surface area (Å²) >= 11 is 0. The van der Waals surface area contributed by atoms with Gasteiger partial charge in [-0.2, -0.15) is 0 Å². The van der Waals surface area contributed by atoms with E-state index in [0.717, 1.165) is 0 Å². The Balaban J connectivity index is 2.56. The quantitative estimate of drug-likeness (QED) is 0.292. The molecule has 23 heavy (non-hydrogen) atoms. The third-order valence-corrected chi connectivity index (χ3v) is 6.40. The van der Waals surface area contributed by atoms with Gasteiger partial charge in [-0.05, 0) is 0 Å². The van der Waals surface area contributed by atoms with Crippen LogP contribution in [0, 0.1) is 0 Å². The Morgan fingerprint density at radius 2 is 1.83 bits per heavy atom. The van der Waals surface area contributed by atoms with Crippen LogP contribution in [-0.4, -0.2) is 66.3 Å². The van der Waals surface area contributed by atoms with Crippen LogP contribution in [0.2, 0.25) is 0 Å². The maximum atomic E-state index is 13.0. The van der Waals surface area contributed by atoms with Crippen LogP contribution in [0.15, 0.2) is 30.3 Å². The number of hydrogen-bond acceptors (Lipinski definition) is 7. The highest BCUT2D eigenvalue weighted by Crippen LogP contribution is 2.48. The molecule has 130 valence electrons. The van der Waals surface area contributed by atoms with Crippen molar-refractivity contribution in [2.75, 3.05) is 39.2 Å². The Bertz CT molecular complexity index is 506. The van der Waals surface area contributed by atoms with Gasteiger partial charge in [-0.15, -0.1) is 0 Å². The SMILES string of the molecule is O=C(CCP(=O)(c1ccccc1)C(O)CO)OCCOCCO. The van der Waals surface area contributed by atoms with E-state index in [9.17, 15) is 14.5 Å². The van der Waals surface area contributed by atoms with Crippen molar-refractivity contribution in [3.05, 3.63) is 30.3 Å². The molecule has 3 N–H and O–H groups in total. The van der Waals surface area contributed by atoms with Gasteiger partial charge in [0.2, 0.25) is 0 Å². The minimum absolute atomic E-state index is 0.0387. The fraction of sp³-hybridized carbons (Fsp3) is 0.533. The number of carbonyl (C=O) groups excluding carboxylic acids is 1. The predicted molar refractivity (Wildman–Crippen MR) is 85.1 cm³/mol. The summed E-state index contributed by atoms with van der Waals surface area (Å²) in [5.74, 6) is -1.97. The second kappa shape index (κ2) is 10.5. The normalized spacial score (nSPS) is 14.9. The van der Waals surface area contributed by atoms with Gasteiger partial charge in [0, 0.05) is 11.5 Å². The molecule has 2 atom stereocenters. The Morgan fingerprint density at radius 3 is 2.43 bits per heavy atom. The highest BCUT2D eigenvalue weighted by molar-refractivity contribution is 7.72. The van der Waals surface area contributed by atoms with Crippen LogP contribution in [0.5, 0.6) is 0 Å². The number of aliphatic hydroxyl groups is 3. The summed E-state index contributed by atoms with van der Waals surface area (Å²) in [6, 6.07) is 8.33. The number of aliphatic hydroxyl groups excluding tert-OH is 3. The topological polar surface area (TPSA) is 113 Å². The molecule has 0 aliphatic carbocycles. The lowest BCUT2D eigenvalue weighted by atomic mass is 10.4. The lowest BCUT2D eigenvalue weighted by molar-refractivity contribution is -0.144. The van der Waals surface area contributed by atoms with E-state index in [2.05, 4.69) is 0 Å². The molecule has 0 radical (unpaired) electrons. The second-order valence-corrected chi connectivity index (χ2v) is 7.98. The molecule has 0 fully saturated rings. The van der Waals surface area contributed by atoms with Crippen LogP contribution in [0.25, 0.3) is 0 Å². The number of carbonyl (C=O) groups is 1. The first-order valence-electron chi connectivity index (χ1n) is 7.32. The Morgan fingerprint density at radius 1 is 1.13 bits per heavy atom. The van der Waals surface area contributed by atoms with Crippen molar-refractivity contribution in [3.63, 3.8) is 0 Å². The summed E-state index contributed by atoms with van der Waals surface area (Å²) in [7, 11) is -3.33. The molecule has 0 spiro atoms. The summed E-state index contributed by atoms with van der Waals surface area (Å²) < 4.78 is 22.9. The van der Waals surface area contributed by atoms with Crippen LogP contribution in [-0.2, 0) is 18.8 Å². The maximum Gasteiger partial charge on any atom is 0.306 e. The van der Waals surface area contributed by atoms with Gasteiger partial charge >= 0.3 is 5.97 Å². The van der Waals surface area contributed by atoms with Gasteiger partial charge in [-0.1, -0.05) is 30.3 Å². The molecule has 1 aromatic rings. The molecular formula is C15H23O7P. The summed E-state index contributed by atoms with van der Waals surface area (Å²) in [6.45, 7) is -0.369. The minimum atomic E-state index is -3.33. The first-order valence-corrected chi connectivity index (χ1v) is 9.28. The third kappa shape index (κ3) is 6.41. The summed E-state index contributed by atoms with van der Waals surface area (Å²) in [5, 5.41) is 28.0. The monoisotopic (exact) mass is 346 g/mol. The highest BCUT2D eigenvalue weighted by Gasteiger charge is 2.33. The second-order valence-electron chi connectivity index (χ2n) is 4.82. The number of esters is 1. The van der Waals surface area contributed by atoms with Gasteiger partial charge in [-0.25, -0.2) is 0 Å². The summed E-state index contributed by atoms with van der Waals surface area (Å²) in [5.41, 5.74) is 0. The number of benzene rings is 1. The Kier molecular flexibility index (Phi) is 9.06. The molecule has 0 aromatic heterocycles. The number of hydrogen-bond donors (Lipinski definition) is 3. The third-order valence-electron chi connectivity index (χ3n) is 3.21. The molecule has 0 saturated carbocycles. The predicted octanol–water partition coefficient (Wildman–Crippen LogP) is -0.0721. The first-order chi connectivity index (χ1) is 11.0. The van der Waals surface area contributed by atoms with Gasteiger partial charge in [0.1, 0.15) is 19.6 Å². The van der Waals surface area contributed by atoms with Crippen molar-refractivity contribution in [1.82, 2.24) is 0 Å². The molecule has 0 aliphatic rings. The molecule has 0 saturated heterocycles. The standard InChI is InChI=1S/C15H23O7P/c16-7-8-21-9-10-22-14(18)6-11-23(20,15(19)12-17)13-4-2-1-3-5-13/h1-5,15-17,19H,6-12H2. The van der Waals surface area contributed by atoms with Crippen LogP contribution >= 0.6 is 7.14 Å². The smallest absolute Gasteiger partial charge is 0.306 e. The van der Waals surface area contributed by atoms with E-state index in [1.54, 1.807) is 30.3 Å². The lowest BCUT2D eigenvalue weighted by Gasteiger charge is -2.22. The van der Waals surface area contributed by atoms with Crippen LogP contribution in [0.1, 0.15) is 6.42 Å². The molecule has 0 aliphatic heterocycles. The molecule has 2 unspecified atom stereocenters. The van der Waals surface area contributed by atoms with Crippen molar-refractivity contribution in [1.29, 1.82) is 0 Å². The van der Waals surface area contributed by atoms with Gasteiger partial charge in [0.05, 0.1) is 32.8 Å². The molecular weight excluding hydrogens is 323 g/mol. The van der Waals surface area contributed by atoms with Gasteiger partial charge < -0.3 is 29.4 Å². The lowest BCUT2D eigenvalue weighted by Crippen LogP contribution is -2.24. The fourth-order valence-corrected chi connectivity index (χ4v) is 4.33. The molecule has 0 bridgehead atoms.